The van der Waals surface area contributed by atoms with Crippen molar-refractivity contribution in [3.05, 3.63) is 29.8 Å². The Hall–Kier alpha value is -1.88. The molecule has 0 aliphatic heterocycles. The van der Waals surface area contributed by atoms with Crippen molar-refractivity contribution in [3.63, 3.8) is 0 Å². The fraction of sp³-hybridized carbons (Fsp3) is 0.529. The molecule has 5 heteroatoms. The zero-order chi connectivity index (χ0) is 16.2. The van der Waals surface area contributed by atoms with Crippen LogP contribution in [0.5, 0.6) is 0 Å². The first-order valence-corrected chi connectivity index (χ1v) is 7.87. The van der Waals surface area contributed by atoms with Gasteiger partial charge in [-0.3, -0.25) is 9.59 Å². The monoisotopic (exact) mass is 303 g/mol. The van der Waals surface area contributed by atoms with Crippen LogP contribution in [0.4, 0.5) is 5.69 Å². The van der Waals surface area contributed by atoms with E-state index in [2.05, 4.69) is 10.6 Å². The predicted molar refractivity (Wildman–Crippen MR) is 87.7 cm³/mol. The summed E-state index contributed by atoms with van der Waals surface area (Å²) in [5, 5.41) is 5.81. The van der Waals surface area contributed by atoms with Gasteiger partial charge in [-0.25, -0.2) is 0 Å². The smallest absolute Gasteiger partial charge is 0.251 e. The Kier molecular flexibility index (Phi) is 5.19. The Morgan fingerprint density at radius 1 is 1.09 bits per heavy atom. The first-order chi connectivity index (χ1) is 10.4. The lowest BCUT2D eigenvalue weighted by molar-refractivity contribution is -0.120. The van der Waals surface area contributed by atoms with Crippen LogP contribution in [0.1, 0.15) is 56.3 Å². The van der Waals surface area contributed by atoms with E-state index in [0.717, 1.165) is 12.8 Å². The molecule has 2 amide bonds. The fourth-order valence-corrected chi connectivity index (χ4v) is 2.51. The molecule has 4 N–H and O–H groups in total. The maximum atomic E-state index is 12.2. The third kappa shape index (κ3) is 4.56. The van der Waals surface area contributed by atoms with Crippen LogP contribution in [0.25, 0.3) is 0 Å². The first-order valence-electron chi connectivity index (χ1n) is 7.87. The number of hydrogen-bond donors (Lipinski definition) is 3. The Balaban J connectivity index is 1.93. The number of nitrogens with two attached hydrogens (primary N) is 1. The summed E-state index contributed by atoms with van der Waals surface area (Å²) in [6.45, 7) is 3.29. The zero-order valence-corrected chi connectivity index (χ0v) is 13.3. The van der Waals surface area contributed by atoms with Gasteiger partial charge in [-0.05, 0) is 51.0 Å². The minimum atomic E-state index is -0.934. The number of amides is 2. The second kappa shape index (κ2) is 6.92. The molecule has 120 valence electrons. The van der Waals surface area contributed by atoms with Gasteiger partial charge in [0.05, 0.1) is 5.54 Å². The molecule has 5 nitrogen and oxygen atoms in total. The molecule has 0 heterocycles. The maximum absolute atomic E-state index is 12.2. The minimum Gasteiger partial charge on any atom is -0.349 e. The number of carbonyl (C=O) groups is 2. The number of hydrogen-bond acceptors (Lipinski definition) is 3. The Bertz CT molecular complexity index is 526. The molecule has 0 unspecified atom stereocenters. The molecule has 1 saturated carbocycles. The topological polar surface area (TPSA) is 84.2 Å². The van der Waals surface area contributed by atoms with E-state index < -0.39 is 5.54 Å². The van der Waals surface area contributed by atoms with E-state index in [9.17, 15) is 9.59 Å². The number of carbonyl (C=O) groups excluding carboxylic acids is 2. The predicted octanol–water partition coefficient (Wildman–Crippen LogP) is 2.42. The summed E-state index contributed by atoms with van der Waals surface area (Å²) in [6, 6.07) is 7.17. The van der Waals surface area contributed by atoms with Crippen molar-refractivity contribution in [2.24, 2.45) is 5.73 Å². The Labute approximate surface area is 131 Å². The first kappa shape index (κ1) is 16.5. The van der Waals surface area contributed by atoms with Gasteiger partial charge in [-0.1, -0.05) is 19.3 Å². The molecule has 0 radical (unpaired) electrons. The summed E-state index contributed by atoms with van der Waals surface area (Å²) in [4.78, 5) is 24.0. The fourth-order valence-electron chi connectivity index (χ4n) is 2.51. The van der Waals surface area contributed by atoms with Gasteiger partial charge in [0.2, 0.25) is 5.91 Å². The van der Waals surface area contributed by atoms with Crippen molar-refractivity contribution >= 4 is 17.5 Å². The minimum absolute atomic E-state index is 0.0519. The quantitative estimate of drug-likeness (QED) is 0.798. The highest BCUT2D eigenvalue weighted by Gasteiger charge is 2.22. The second-order valence-electron chi connectivity index (χ2n) is 6.56. The van der Waals surface area contributed by atoms with Gasteiger partial charge in [0.1, 0.15) is 0 Å². The van der Waals surface area contributed by atoms with Gasteiger partial charge in [-0.15, -0.1) is 0 Å². The largest absolute Gasteiger partial charge is 0.349 e. The molecule has 1 aliphatic carbocycles. The summed E-state index contributed by atoms with van der Waals surface area (Å²) in [7, 11) is 0. The SMILES string of the molecule is CC(C)(N)C(=O)Nc1ccc(C(=O)NC2CCCCC2)cc1. The van der Waals surface area contributed by atoms with Crippen molar-refractivity contribution in [2.45, 2.75) is 57.5 Å². The van der Waals surface area contributed by atoms with Crippen LogP contribution in [0.2, 0.25) is 0 Å². The van der Waals surface area contributed by atoms with E-state index in [4.69, 9.17) is 5.73 Å². The standard InChI is InChI=1S/C17H25N3O2/c1-17(2,18)16(22)20-14-10-8-12(9-11-14)15(21)19-13-6-4-3-5-7-13/h8-11,13H,3-7,18H2,1-2H3,(H,19,21)(H,20,22). The van der Waals surface area contributed by atoms with Gasteiger partial charge >= 0.3 is 0 Å². The summed E-state index contributed by atoms with van der Waals surface area (Å²) < 4.78 is 0. The molecule has 1 fully saturated rings. The highest BCUT2D eigenvalue weighted by molar-refractivity contribution is 5.98. The number of benzene rings is 1. The lowest BCUT2D eigenvalue weighted by Gasteiger charge is -2.22. The van der Waals surface area contributed by atoms with Crippen LogP contribution >= 0.6 is 0 Å². The van der Waals surface area contributed by atoms with E-state index in [1.807, 2.05) is 0 Å². The number of nitrogens with one attached hydrogen (secondary N) is 2. The molecule has 0 aromatic heterocycles. The molecule has 0 bridgehead atoms. The lowest BCUT2D eigenvalue weighted by atomic mass is 9.95. The molecule has 0 saturated heterocycles. The van der Waals surface area contributed by atoms with Gasteiger partial charge in [-0.2, -0.15) is 0 Å². The molecule has 1 aliphatic rings. The normalized spacial score (nSPS) is 16.1. The second-order valence-corrected chi connectivity index (χ2v) is 6.56. The Morgan fingerprint density at radius 3 is 2.23 bits per heavy atom. The van der Waals surface area contributed by atoms with Crippen LogP contribution in [0, 0.1) is 0 Å². The molecule has 0 spiro atoms. The summed E-state index contributed by atoms with van der Waals surface area (Å²) >= 11 is 0. The third-order valence-electron chi connectivity index (χ3n) is 3.93. The molecule has 22 heavy (non-hydrogen) atoms. The van der Waals surface area contributed by atoms with E-state index in [1.54, 1.807) is 38.1 Å². The highest BCUT2D eigenvalue weighted by atomic mass is 16.2. The molecule has 1 aromatic carbocycles. The van der Waals surface area contributed by atoms with Crippen LogP contribution in [0.3, 0.4) is 0 Å². The van der Waals surface area contributed by atoms with Gasteiger partial charge < -0.3 is 16.4 Å². The average molecular weight is 303 g/mol. The van der Waals surface area contributed by atoms with Crippen molar-refractivity contribution in [2.75, 3.05) is 5.32 Å². The Morgan fingerprint density at radius 2 is 1.68 bits per heavy atom. The maximum Gasteiger partial charge on any atom is 0.251 e. The lowest BCUT2D eigenvalue weighted by Crippen LogP contribution is -2.45. The van der Waals surface area contributed by atoms with E-state index >= 15 is 0 Å². The van der Waals surface area contributed by atoms with Crippen molar-refractivity contribution in [1.82, 2.24) is 5.32 Å². The van der Waals surface area contributed by atoms with E-state index in [0.29, 0.717) is 17.3 Å². The summed E-state index contributed by atoms with van der Waals surface area (Å²) in [5.41, 5.74) is 6.04. The molecule has 2 rings (SSSR count). The van der Waals surface area contributed by atoms with Crippen molar-refractivity contribution < 1.29 is 9.59 Å². The number of rotatable bonds is 4. The zero-order valence-electron chi connectivity index (χ0n) is 13.3. The van der Waals surface area contributed by atoms with Crippen LogP contribution in [-0.4, -0.2) is 23.4 Å². The van der Waals surface area contributed by atoms with Crippen LogP contribution in [0.15, 0.2) is 24.3 Å². The van der Waals surface area contributed by atoms with Crippen molar-refractivity contribution in [3.8, 4) is 0 Å². The van der Waals surface area contributed by atoms with Crippen LogP contribution in [-0.2, 0) is 4.79 Å². The molecule has 0 atom stereocenters. The summed E-state index contributed by atoms with van der Waals surface area (Å²) in [6.07, 6.45) is 5.75. The van der Waals surface area contributed by atoms with Gasteiger partial charge in [0.25, 0.3) is 5.91 Å². The molecule has 1 aromatic rings. The molecular weight excluding hydrogens is 278 g/mol. The van der Waals surface area contributed by atoms with Crippen LogP contribution < -0.4 is 16.4 Å². The summed E-state index contributed by atoms with van der Waals surface area (Å²) in [5.74, 6) is -0.309. The third-order valence-corrected chi connectivity index (χ3v) is 3.93. The van der Waals surface area contributed by atoms with Gasteiger partial charge in [0, 0.05) is 17.3 Å². The average Bonchev–Trinajstić information content (AvgIpc) is 2.48. The highest BCUT2D eigenvalue weighted by Crippen LogP contribution is 2.18. The van der Waals surface area contributed by atoms with E-state index in [1.165, 1.54) is 19.3 Å². The van der Waals surface area contributed by atoms with E-state index in [-0.39, 0.29) is 11.8 Å². The number of anilines is 1. The van der Waals surface area contributed by atoms with Crippen molar-refractivity contribution in [1.29, 1.82) is 0 Å². The van der Waals surface area contributed by atoms with Gasteiger partial charge in [0.15, 0.2) is 0 Å². The molecular formula is C17H25N3O2.